The number of fused-ring (bicyclic) bond motifs is 1. The number of aliphatic hydroxyl groups excluding tert-OH is 2. The van der Waals surface area contributed by atoms with Gasteiger partial charge in [-0.1, -0.05) is 36.4 Å². The van der Waals surface area contributed by atoms with E-state index in [1.807, 2.05) is 25.1 Å². The molecule has 3 aromatic rings. The van der Waals surface area contributed by atoms with Crippen LogP contribution in [-0.2, 0) is 4.79 Å². The second kappa shape index (κ2) is 9.45. The van der Waals surface area contributed by atoms with E-state index in [0.717, 1.165) is 33.3 Å². The molecule has 3 N–H and O–H groups in total. The number of aryl methyl sites for hydroxylation is 1. The summed E-state index contributed by atoms with van der Waals surface area (Å²) in [7, 11) is 0. The van der Waals surface area contributed by atoms with Gasteiger partial charge < -0.3 is 19.9 Å². The smallest absolute Gasteiger partial charge is 0.305 e. The molecule has 0 aliphatic heterocycles. The first kappa shape index (κ1) is 22.7. The first-order valence-electron chi connectivity index (χ1n) is 10.3. The molecule has 2 aromatic carbocycles. The number of hydrogen-bond acceptors (Lipinski definition) is 3. The molecule has 0 fully saturated rings. The van der Waals surface area contributed by atoms with Crippen LogP contribution in [0.3, 0.4) is 0 Å². The van der Waals surface area contributed by atoms with E-state index in [4.69, 9.17) is 5.11 Å². The summed E-state index contributed by atoms with van der Waals surface area (Å²) in [6.45, 7) is 6.19. The summed E-state index contributed by atoms with van der Waals surface area (Å²) < 4.78 is 15.7. The standard InChI is InChI=1S/C25H28FNO4/c1-15(2)27-22(12-11-19(28)13-20(29)14-23(30)31)24(17-7-9-18(26)10-8-17)21-6-4-5-16(3)25(21)27/h4-12,15,19-20,28-29H,13-14H2,1-3H3,(H,30,31)/b12-11+/t19-,20-/m0/s1. The van der Waals surface area contributed by atoms with Crippen molar-refractivity contribution < 1.29 is 24.5 Å². The average molecular weight is 426 g/mol. The van der Waals surface area contributed by atoms with Crippen LogP contribution >= 0.6 is 0 Å². The number of halogens is 1. The largest absolute Gasteiger partial charge is 0.481 e. The molecular weight excluding hydrogens is 397 g/mol. The first-order valence-corrected chi connectivity index (χ1v) is 10.3. The first-order chi connectivity index (χ1) is 14.7. The fraction of sp³-hybridized carbons (Fsp3) is 0.320. The Labute approximate surface area is 181 Å². The summed E-state index contributed by atoms with van der Waals surface area (Å²) in [5, 5.41) is 30.0. The summed E-state index contributed by atoms with van der Waals surface area (Å²) in [5.74, 6) is -1.43. The van der Waals surface area contributed by atoms with Gasteiger partial charge in [0.1, 0.15) is 5.82 Å². The van der Waals surface area contributed by atoms with E-state index in [1.165, 1.54) is 12.1 Å². The van der Waals surface area contributed by atoms with Crippen LogP contribution < -0.4 is 0 Å². The van der Waals surface area contributed by atoms with Crippen molar-refractivity contribution in [1.82, 2.24) is 4.57 Å². The average Bonchev–Trinajstić information content (AvgIpc) is 3.02. The van der Waals surface area contributed by atoms with E-state index in [2.05, 4.69) is 18.4 Å². The van der Waals surface area contributed by atoms with Gasteiger partial charge in [0.05, 0.1) is 24.1 Å². The van der Waals surface area contributed by atoms with Crippen LogP contribution in [-0.4, -0.2) is 38.1 Å². The molecule has 0 saturated carbocycles. The van der Waals surface area contributed by atoms with Crippen LogP contribution in [0.5, 0.6) is 0 Å². The number of aromatic nitrogens is 1. The highest BCUT2D eigenvalue weighted by Gasteiger charge is 2.20. The lowest BCUT2D eigenvalue weighted by atomic mass is 10.00. The highest BCUT2D eigenvalue weighted by molar-refractivity contribution is 6.02. The fourth-order valence-electron chi connectivity index (χ4n) is 4.02. The molecule has 1 heterocycles. The lowest BCUT2D eigenvalue weighted by Crippen LogP contribution is -2.19. The van der Waals surface area contributed by atoms with Gasteiger partial charge in [-0.3, -0.25) is 4.79 Å². The number of carboxylic acids is 1. The predicted molar refractivity (Wildman–Crippen MR) is 120 cm³/mol. The lowest BCUT2D eigenvalue weighted by Gasteiger charge is -2.16. The third-order valence-electron chi connectivity index (χ3n) is 5.31. The topological polar surface area (TPSA) is 82.7 Å². The molecular formula is C25H28FNO4. The Bertz CT molecular complexity index is 1100. The van der Waals surface area contributed by atoms with Gasteiger partial charge in [-0.25, -0.2) is 4.39 Å². The predicted octanol–water partition coefficient (Wildman–Crippen LogP) is 4.94. The zero-order valence-electron chi connectivity index (χ0n) is 17.9. The molecule has 0 unspecified atom stereocenters. The zero-order chi connectivity index (χ0) is 22.7. The Morgan fingerprint density at radius 1 is 1.13 bits per heavy atom. The molecule has 31 heavy (non-hydrogen) atoms. The summed E-state index contributed by atoms with van der Waals surface area (Å²) in [6.07, 6.45) is 0.742. The Balaban J connectivity index is 2.13. The number of nitrogens with zero attached hydrogens (tertiary/aromatic N) is 1. The summed E-state index contributed by atoms with van der Waals surface area (Å²) in [5.41, 5.74) is 4.82. The number of carboxylic acid groups (broad SMARTS) is 1. The van der Waals surface area contributed by atoms with Crippen molar-refractivity contribution in [3.05, 3.63) is 65.6 Å². The number of aliphatic carboxylic acids is 1. The van der Waals surface area contributed by atoms with E-state index in [9.17, 15) is 19.4 Å². The number of benzene rings is 2. The molecule has 0 radical (unpaired) electrons. The Morgan fingerprint density at radius 2 is 1.81 bits per heavy atom. The monoisotopic (exact) mass is 425 g/mol. The van der Waals surface area contributed by atoms with Crippen molar-refractivity contribution in [3.63, 3.8) is 0 Å². The summed E-state index contributed by atoms with van der Waals surface area (Å²) >= 11 is 0. The van der Waals surface area contributed by atoms with Crippen LogP contribution in [0.4, 0.5) is 4.39 Å². The second-order valence-corrected chi connectivity index (χ2v) is 8.12. The molecule has 0 amide bonds. The van der Waals surface area contributed by atoms with E-state index in [-0.39, 0.29) is 18.3 Å². The maximum atomic E-state index is 13.6. The van der Waals surface area contributed by atoms with Gasteiger partial charge in [0, 0.05) is 29.1 Å². The van der Waals surface area contributed by atoms with Gasteiger partial charge >= 0.3 is 5.97 Å². The Morgan fingerprint density at radius 3 is 2.42 bits per heavy atom. The van der Waals surface area contributed by atoms with Gasteiger partial charge in [-0.05, 0) is 50.1 Å². The van der Waals surface area contributed by atoms with E-state index < -0.39 is 24.6 Å². The number of aliphatic hydroxyl groups is 2. The molecule has 2 atom stereocenters. The minimum absolute atomic E-state index is 0.0738. The highest BCUT2D eigenvalue weighted by Crippen LogP contribution is 2.39. The van der Waals surface area contributed by atoms with Gasteiger partial charge in [0.2, 0.25) is 0 Å². The minimum Gasteiger partial charge on any atom is -0.481 e. The quantitative estimate of drug-likeness (QED) is 0.478. The van der Waals surface area contributed by atoms with Crippen molar-refractivity contribution in [3.8, 4) is 11.1 Å². The molecule has 0 bridgehead atoms. The molecule has 3 rings (SSSR count). The Hall–Kier alpha value is -2.96. The van der Waals surface area contributed by atoms with E-state index in [0.29, 0.717) is 0 Å². The third kappa shape index (κ3) is 5.03. The molecule has 5 nitrogen and oxygen atoms in total. The van der Waals surface area contributed by atoms with Gasteiger partial charge in [-0.15, -0.1) is 0 Å². The minimum atomic E-state index is -1.13. The SMILES string of the molecule is Cc1cccc2c(-c3ccc(F)cc3)c(/C=C/[C@H](O)C[C@H](O)CC(=O)O)n(C(C)C)c12. The van der Waals surface area contributed by atoms with Gasteiger partial charge in [0.25, 0.3) is 0 Å². The van der Waals surface area contributed by atoms with E-state index in [1.54, 1.807) is 24.3 Å². The molecule has 6 heteroatoms. The molecule has 164 valence electrons. The van der Waals surface area contributed by atoms with Crippen molar-refractivity contribution in [1.29, 1.82) is 0 Å². The molecule has 0 aliphatic rings. The number of hydrogen-bond donors (Lipinski definition) is 3. The summed E-state index contributed by atoms with van der Waals surface area (Å²) in [4.78, 5) is 10.8. The van der Waals surface area contributed by atoms with Crippen LogP contribution in [0.25, 0.3) is 28.1 Å². The highest BCUT2D eigenvalue weighted by atomic mass is 19.1. The lowest BCUT2D eigenvalue weighted by molar-refractivity contribution is -0.139. The third-order valence-corrected chi connectivity index (χ3v) is 5.31. The second-order valence-electron chi connectivity index (χ2n) is 8.12. The Kier molecular flexibility index (Phi) is 6.93. The molecule has 0 aliphatic carbocycles. The number of carbonyl (C=O) groups is 1. The maximum Gasteiger partial charge on any atom is 0.305 e. The summed E-state index contributed by atoms with van der Waals surface area (Å²) in [6, 6.07) is 12.5. The fourth-order valence-corrected chi connectivity index (χ4v) is 4.02. The number of rotatable bonds is 8. The van der Waals surface area contributed by atoms with Crippen molar-refractivity contribution in [2.24, 2.45) is 0 Å². The van der Waals surface area contributed by atoms with Crippen molar-refractivity contribution in [2.75, 3.05) is 0 Å². The zero-order valence-corrected chi connectivity index (χ0v) is 17.9. The van der Waals surface area contributed by atoms with Crippen LogP contribution in [0.2, 0.25) is 0 Å². The molecule has 1 aromatic heterocycles. The number of para-hydroxylation sites is 1. The molecule has 0 saturated heterocycles. The van der Waals surface area contributed by atoms with Crippen LogP contribution in [0.15, 0.2) is 48.5 Å². The van der Waals surface area contributed by atoms with E-state index >= 15 is 0 Å². The normalized spacial score (nSPS) is 13.9. The van der Waals surface area contributed by atoms with Gasteiger partial charge in [0.15, 0.2) is 0 Å². The van der Waals surface area contributed by atoms with Crippen LogP contribution in [0.1, 0.15) is 44.0 Å². The van der Waals surface area contributed by atoms with Crippen molar-refractivity contribution >= 4 is 22.9 Å². The van der Waals surface area contributed by atoms with Crippen molar-refractivity contribution in [2.45, 2.75) is 51.9 Å². The van der Waals surface area contributed by atoms with Crippen LogP contribution in [0, 0.1) is 12.7 Å². The maximum absolute atomic E-state index is 13.6. The van der Waals surface area contributed by atoms with Gasteiger partial charge in [-0.2, -0.15) is 0 Å². The molecule has 0 spiro atoms.